The van der Waals surface area contributed by atoms with E-state index >= 15 is 0 Å². The molecule has 0 spiro atoms. The SMILES string of the molecule is Cc1nonc1C(=O)Nc1ccc(OC(C)C)cc1. The summed E-state index contributed by atoms with van der Waals surface area (Å²) in [6, 6.07) is 7.12. The molecule has 1 aromatic heterocycles. The largest absolute Gasteiger partial charge is 0.491 e. The van der Waals surface area contributed by atoms with Gasteiger partial charge in [0, 0.05) is 5.69 Å². The lowest BCUT2D eigenvalue weighted by Gasteiger charge is -2.10. The molecule has 1 aromatic carbocycles. The summed E-state index contributed by atoms with van der Waals surface area (Å²) in [6.45, 7) is 5.57. The molecule has 0 aliphatic carbocycles. The third-order valence-electron chi connectivity index (χ3n) is 2.35. The Morgan fingerprint density at radius 3 is 2.47 bits per heavy atom. The molecule has 0 aliphatic rings. The summed E-state index contributed by atoms with van der Waals surface area (Å²) in [5, 5.41) is 9.81. The molecule has 0 radical (unpaired) electrons. The van der Waals surface area contributed by atoms with Crippen LogP contribution in [0.3, 0.4) is 0 Å². The van der Waals surface area contributed by atoms with Crippen LogP contribution in [0.15, 0.2) is 28.9 Å². The van der Waals surface area contributed by atoms with Gasteiger partial charge in [0.15, 0.2) is 5.69 Å². The average Bonchev–Trinajstić information content (AvgIpc) is 2.77. The van der Waals surface area contributed by atoms with Crippen molar-refractivity contribution in [2.24, 2.45) is 0 Å². The first-order chi connectivity index (χ1) is 9.06. The summed E-state index contributed by atoms with van der Waals surface area (Å²) >= 11 is 0. The van der Waals surface area contributed by atoms with Crippen molar-refractivity contribution in [3.05, 3.63) is 35.7 Å². The zero-order valence-corrected chi connectivity index (χ0v) is 11.0. The number of nitrogens with one attached hydrogen (secondary N) is 1. The van der Waals surface area contributed by atoms with Crippen LogP contribution in [0.25, 0.3) is 0 Å². The molecular weight excluding hydrogens is 246 g/mol. The van der Waals surface area contributed by atoms with Crippen molar-refractivity contribution in [1.29, 1.82) is 0 Å². The van der Waals surface area contributed by atoms with Crippen molar-refractivity contribution in [1.82, 2.24) is 10.3 Å². The predicted molar refractivity (Wildman–Crippen MR) is 69.2 cm³/mol. The highest BCUT2D eigenvalue weighted by Crippen LogP contribution is 2.17. The van der Waals surface area contributed by atoms with Gasteiger partial charge in [0.1, 0.15) is 11.4 Å². The molecule has 0 saturated heterocycles. The van der Waals surface area contributed by atoms with Crippen LogP contribution in [0.2, 0.25) is 0 Å². The number of ether oxygens (including phenoxy) is 1. The van der Waals surface area contributed by atoms with Gasteiger partial charge in [-0.3, -0.25) is 4.79 Å². The fourth-order valence-corrected chi connectivity index (χ4v) is 1.52. The Morgan fingerprint density at radius 2 is 1.95 bits per heavy atom. The molecule has 2 aromatic rings. The van der Waals surface area contributed by atoms with Crippen LogP contribution in [0.4, 0.5) is 5.69 Å². The first kappa shape index (κ1) is 13.1. The van der Waals surface area contributed by atoms with E-state index in [1.54, 1.807) is 31.2 Å². The van der Waals surface area contributed by atoms with E-state index in [-0.39, 0.29) is 17.7 Å². The Balaban J connectivity index is 2.04. The second-order valence-electron chi connectivity index (χ2n) is 4.34. The quantitative estimate of drug-likeness (QED) is 0.914. The van der Waals surface area contributed by atoms with E-state index in [2.05, 4.69) is 20.3 Å². The number of anilines is 1. The maximum atomic E-state index is 11.9. The maximum Gasteiger partial charge on any atom is 0.279 e. The fourth-order valence-electron chi connectivity index (χ4n) is 1.52. The van der Waals surface area contributed by atoms with Crippen LogP contribution in [0.1, 0.15) is 30.0 Å². The summed E-state index contributed by atoms with van der Waals surface area (Å²) in [5.41, 5.74) is 1.29. The Morgan fingerprint density at radius 1 is 1.26 bits per heavy atom. The van der Waals surface area contributed by atoms with E-state index in [4.69, 9.17) is 4.74 Å². The standard InChI is InChI=1S/C13H15N3O3/c1-8(2)18-11-6-4-10(5-7-11)14-13(17)12-9(3)15-19-16-12/h4-8H,1-3H3,(H,14,17). The first-order valence-corrected chi connectivity index (χ1v) is 5.93. The lowest BCUT2D eigenvalue weighted by Crippen LogP contribution is -2.13. The van der Waals surface area contributed by atoms with Gasteiger partial charge in [-0.2, -0.15) is 0 Å². The molecular formula is C13H15N3O3. The van der Waals surface area contributed by atoms with Gasteiger partial charge in [-0.15, -0.1) is 0 Å². The lowest BCUT2D eigenvalue weighted by molar-refractivity contribution is 0.101. The Hall–Kier alpha value is -2.37. The minimum atomic E-state index is -0.351. The van der Waals surface area contributed by atoms with E-state index in [1.807, 2.05) is 13.8 Å². The number of amides is 1. The Labute approximate surface area is 110 Å². The smallest absolute Gasteiger partial charge is 0.279 e. The van der Waals surface area contributed by atoms with Crippen LogP contribution in [0, 0.1) is 6.92 Å². The average molecular weight is 261 g/mol. The van der Waals surface area contributed by atoms with Crippen LogP contribution in [-0.2, 0) is 0 Å². The van der Waals surface area contributed by atoms with Gasteiger partial charge in [0.2, 0.25) is 0 Å². The van der Waals surface area contributed by atoms with Crippen molar-refractivity contribution in [3.8, 4) is 5.75 Å². The van der Waals surface area contributed by atoms with Crippen molar-refractivity contribution >= 4 is 11.6 Å². The molecule has 1 N–H and O–H groups in total. The monoisotopic (exact) mass is 261 g/mol. The van der Waals surface area contributed by atoms with Crippen LogP contribution < -0.4 is 10.1 Å². The number of benzene rings is 1. The minimum Gasteiger partial charge on any atom is -0.491 e. The highest BCUT2D eigenvalue weighted by molar-refractivity contribution is 6.03. The normalized spacial score (nSPS) is 10.5. The van der Waals surface area contributed by atoms with E-state index in [9.17, 15) is 4.79 Å². The van der Waals surface area contributed by atoms with Gasteiger partial charge >= 0.3 is 0 Å². The zero-order chi connectivity index (χ0) is 13.8. The topological polar surface area (TPSA) is 77.2 Å². The highest BCUT2D eigenvalue weighted by Gasteiger charge is 2.14. The van der Waals surface area contributed by atoms with Gasteiger partial charge in [0.25, 0.3) is 5.91 Å². The molecule has 0 atom stereocenters. The van der Waals surface area contributed by atoms with Crippen molar-refractivity contribution < 1.29 is 14.2 Å². The summed E-state index contributed by atoms with van der Waals surface area (Å²) < 4.78 is 10.0. The van der Waals surface area contributed by atoms with Crippen LogP contribution >= 0.6 is 0 Å². The third kappa shape index (κ3) is 3.31. The van der Waals surface area contributed by atoms with E-state index in [0.717, 1.165) is 5.75 Å². The predicted octanol–water partition coefficient (Wildman–Crippen LogP) is 2.42. The molecule has 6 heteroatoms. The summed E-state index contributed by atoms with van der Waals surface area (Å²) in [5.74, 6) is 0.406. The molecule has 100 valence electrons. The van der Waals surface area contributed by atoms with Gasteiger partial charge in [0.05, 0.1) is 6.10 Å². The van der Waals surface area contributed by atoms with Crippen LogP contribution in [-0.4, -0.2) is 22.3 Å². The molecule has 0 unspecified atom stereocenters. The number of aromatic nitrogens is 2. The molecule has 0 fully saturated rings. The van der Waals surface area contributed by atoms with E-state index in [1.165, 1.54) is 0 Å². The summed E-state index contributed by atoms with van der Waals surface area (Å²) in [6.07, 6.45) is 0.115. The number of rotatable bonds is 4. The minimum absolute atomic E-state index is 0.115. The number of hydrogen-bond acceptors (Lipinski definition) is 5. The number of nitrogens with zero attached hydrogens (tertiary/aromatic N) is 2. The van der Waals surface area contributed by atoms with E-state index in [0.29, 0.717) is 11.4 Å². The second kappa shape index (κ2) is 5.51. The molecule has 19 heavy (non-hydrogen) atoms. The number of hydrogen-bond donors (Lipinski definition) is 1. The highest BCUT2D eigenvalue weighted by atomic mass is 16.6. The van der Waals surface area contributed by atoms with Crippen molar-refractivity contribution in [2.45, 2.75) is 26.9 Å². The molecule has 0 saturated carbocycles. The molecule has 1 amide bonds. The van der Waals surface area contributed by atoms with Gasteiger partial charge in [-0.05, 0) is 50.2 Å². The van der Waals surface area contributed by atoms with Gasteiger partial charge in [-0.1, -0.05) is 5.16 Å². The Bertz CT molecular complexity index is 561. The zero-order valence-electron chi connectivity index (χ0n) is 11.0. The lowest BCUT2D eigenvalue weighted by atomic mass is 10.2. The first-order valence-electron chi connectivity index (χ1n) is 5.93. The third-order valence-corrected chi connectivity index (χ3v) is 2.35. The summed E-state index contributed by atoms with van der Waals surface area (Å²) in [7, 11) is 0. The number of carbonyl (C=O) groups is 1. The molecule has 1 heterocycles. The van der Waals surface area contributed by atoms with Crippen LogP contribution in [0.5, 0.6) is 5.75 Å². The Kier molecular flexibility index (Phi) is 3.79. The molecule has 0 bridgehead atoms. The summed E-state index contributed by atoms with van der Waals surface area (Å²) in [4.78, 5) is 11.9. The fraction of sp³-hybridized carbons (Fsp3) is 0.308. The number of carbonyl (C=O) groups excluding carboxylic acids is 1. The van der Waals surface area contributed by atoms with Crippen molar-refractivity contribution in [2.75, 3.05) is 5.32 Å². The molecule has 6 nitrogen and oxygen atoms in total. The second-order valence-corrected chi connectivity index (χ2v) is 4.34. The molecule has 2 rings (SSSR count). The van der Waals surface area contributed by atoms with Crippen molar-refractivity contribution in [3.63, 3.8) is 0 Å². The van der Waals surface area contributed by atoms with Gasteiger partial charge < -0.3 is 10.1 Å². The molecule has 0 aliphatic heterocycles. The van der Waals surface area contributed by atoms with Gasteiger partial charge in [-0.25, -0.2) is 4.63 Å². The van der Waals surface area contributed by atoms with E-state index < -0.39 is 0 Å². The number of aryl methyl sites for hydroxylation is 1. The maximum absolute atomic E-state index is 11.9.